The predicted octanol–water partition coefficient (Wildman–Crippen LogP) is 4.83. The van der Waals surface area contributed by atoms with Gasteiger partial charge < -0.3 is 10.6 Å². The van der Waals surface area contributed by atoms with Crippen LogP contribution < -0.4 is 16.0 Å². The van der Waals surface area contributed by atoms with E-state index in [-0.39, 0.29) is 16.9 Å². The first-order valence-electron chi connectivity index (χ1n) is 8.35. The van der Waals surface area contributed by atoms with Crippen molar-refractivity contribution in [3.05, 3.63) is 94.5 Å². The first-order valence-corrected chi connectivity index (χ1v) is 9.56. The molecule has 0 atom stereocenters. The van der Waals surface area contributed by atoms with Crippen molar-refractivity contribution in [1.29, 1.82) is 0 Å². The van der Waals surface area contributed by atoms with E-state index in [2.05, 4.69) is 31.9 Å². The molecule has 0 aliphatic heterocycles. The summed E-state index contributed by atoms with van der Waals surface area (Å²) in [4.78, 5) is 24.3. The zero-order chi connectivity index (χ0) is 19.9. The molecule has 5 nitrogen and oxygen atoms in total. The topological polar surface area (TPSA) is 70.2 Å². The Morgan fingerprint density at radius 1 is 0.679 bits per heavy atom. The molecule has 0 heterocycles. The van der Waals surface area contributed by atoms with Gasteiger partial charge in [-0.1, -0.05) is 34.1 Å². The second-order valence-corrected chi connectivity index (χ2v) is 7.14. The number of carbonyl (C=O) groups excluding carboxylic acids is 2. The Balaban J connectivity index is 1.55. The van der Waals surface area contributed by atoms with Gasteiger partial charge in [0.25, 0.3) is 11.8 Å². The molecular formula is C21H16BrN3O2S. The molecule has 3 rings (SSSR count). The highest BCUT2D eigenvalue weighted by atomic mass is 79.9. The molecular weight excluding hydrogens is 438 g/mol. The monoisotopic (exact) mass is 453 g/mol. The smallest absolute Gasteiger partial charge is 0.257 e. The molecule has 3 aromatic carbocycles. The Kier molecular flexibility index (Phi) is 6.52. The van der Waals surface area contributed by atoms with Crippen molar-refractivity contribution in [2.45, 2.75) is 0 Å². The number of amides is 2. The van der Waals surface area contributed by atoms with E-state index in [9.17, 15) is 9.59 Å². The van der Waals surface area contributed by atoms with Crippen molar-refractivity contribution in [1.82, 2.24) is 5.32 Å². The summed E-state index contributed by atoms with van der Waals surface area (Å²) in [7, 11) is 0. The number of thiocarbonyl (C=S) groups is 1. The third-order valence-electron chi connectivity index (χ3n) is 3.77. The van der Waals surface area contributed by atoms with Gasteiger partial charge in [-0.15, -0.1) is 0 Å². The van der Waals surface area contributed by atoms with Gasteiger partial charge in [0.1, 0.15) is 0 Å². The van der Waals surface area contributed by atoms with Crippen LogP contribution in [0.2, 0.25) is 0 Å². The molecule has 0 unspecified atom stereocenters. The standard InChI is InChI=1S/C21H16BrN3O2S/c22-16-8-6-15(7-9-16)20(27)25-21(28)24-18-12-10-17(11-13-18)23-19(26)14-4-2-1-3-5-14/h1-13H,(H,23,26)(H2,24,25,27,28). The summed E-state index contributed by atoms with van der Waals surface area (Å²) in [6, 6.07) is 23.0. The normalized spacial score (nSPS) is 10.0. The van der Waals surface area contributed by atoms with E-state index in [1.165, 1.54) is 0 Å². The molecule has 3 aromatic rings. The number of anilines is 2. The van der Waals surface area contributed by atoms with Crippen LogP contribution in [0.25, 0.3) is 0 Å². The maximum absolute atomic E-state index is 12.2. The summed E-state index contributed by atoms with van der Waals surface area (Å²) in [6.45, 7) is 0. The van der Waals surface area contributed by atoms with Crippen molar-refractivity contribution < 1.29 is 9.59 Å². The van der Waals surface area contributed by atoms with Crippen molar-refractivity contribution in [2.24, 2.45) is 0 Å². The molecule has 0 aliphatic carbocycles. The van der Waals surface area contributed by atoms with Crippen molar-refractivity contribution >= 4 is 56.4 Å². The van der Waals surface area contributed by atoms with Crippen molar-refractivity contribution in [3.8, 4) is 0 Å². The summed E-state index contributed by atoms with van der Waals surface area (Å²) >= 11 is 8.51. The zero-order valence-electron chi connectivity index (χ0n) is 14.6. The molecule has 3 N–H and O–H groups in total. The summed E-state index contributed by atoms with van der Waals surface area (Å²) in [6.07, 6.45) is 0. The molecule has 28 heavy (non-hydrogen) atoms. The molecule has 0 spiro atoms. The molecule has 0 fully saturated rings. The summed E-state index contributed by atoms with van der Waals surface area (Å²) in [5.74, 6) is -0.477. The number of carbonyl (C=O) groups is 2. The van der Waals surface area contributed by atoms with Gasteiger partial charge in [0.2, 0.25) is 0 Å². The maximum atomic E-state index is 12.2. The first kappa shape index (κ1) is 19.7. The average molecular weight is 454 g/mol. The lowest BCUT2D eigenvalue weighted by Gasteiger charge is -2.11. The van der Waals surface area contributed by atoms with Crippen LogP contribution in [0.15, 0.2) is 83.3 Å². The van der Waals surface area contributed by atoms with Crippen molar-refractivity contribution in [2.75, 3.05) is 10.6 Å². The number of hydrogen-bond acceptors (Lipinski definition) is 3. The average Bonchev–Trinajstić information content (AvgIpc) is 2.70. The predicted molar refractivity (Wildman–Crippen MR) is 119 cm³/mol. The van der Waals surface area contributed by atoms with Crippen LogP contribution >= 0.6 is 28.1 Å². The molecule has 0 aromatic heterocycles. The van der Waals surface area contributed by atoms with E-state index in [4.69, 9.17) is 12.2 Å². The van der Waals surface area contributed by atoms with E-state index in [0.29, 0.717) is 22.5 Å². The van der Waals surface area contributed by atoms with Gasteiger partial charge in [-0.05, 0) is 72.9 Å². The molecule has 0 bridgehead atoms. The zero-order valence-corrected chi connectivity index (χ0v) is 17.0. The van der Waals surface area contributed by atoms with Gasteiger partial charge in [-0.25, -0.2) is 0 Å². The number of hydrogen-bond donors (Lipinski definition) is 3. The van der Waals surface area contributed by atoms with Gasteiger partial charge >= 0.3 is 0 Å². The third kappa shape index (κ3) is 5.48. The molecule has 2 amide bonds. The number of halogens is 1. The quantitative estimate of drug-likeness (QED) is 0.494. The lowest BCUT2D eigenvalue weighted by Crippen LogP contribution is -2.34. The van der Waals surface area contributed by atoms with Gasteiger partial charge in [-0.2, -0.15) is 0 Å². The Hall–Kier alpha value is -3.03. The third-order valence-corrected chi connectivity index (χ3v) is 4.50. The highest BCUT2D eigenvalue weighted by molar-refractivity contribution is 9.10. The van der Waals surface area contributed by atoms with Gasteiger partial charge in [0, 0.05) is 27.0 Å². The molecule has 0 aliphatic rings. The summed E-state index contributed by atoms with van der Waals surface area (Å²) in [5.41, 5.74) is 2.44. The Morgan fingerprint density at radius 2 is 1.21 bits per heavy atom. The van der Waals surface area contributed by atoms with E-state index in [1.807, 2.05) is 18.2 Å². The Morgan fingerprint density at radius 3 is 1.82 bits per heavy atom. The van der Waals surface area contributed by atoms with E-state index >= 15 is 0 Å². The molecule has 0 saturated heterocycles. The largest absolute Gasteiger partial charge is 0.332 e. The number of benzene rings is 3. The minimum atomic E-state index is -0.295. The SMILES string of the molecule is O=C(NC(=S)Nc1ccc(NC(=O)c2ccccc2)cc1)c1ccc(Br)cc1. The van der Waals surface area contributed by atoms with Crippen LogP contribution in [-0.4, -0.2) is 16.9 Å². The first-order chi connectivity index (χ1) is 13.5. The fraction of sp³-hybridized carbons (Fsp3) is 0. The summed E-state index contributed by atoms with van der Waals surface area (Å²) in [5, 5.41) is 8.59. The highest BCUT2D eigenvalue weighted by Gasteiger charge is 2.08. The fourth-order valence-electron chi connectivity index (χ4n) is 2.37. The molecule has 140 valence electrons. The van der Waals surface area contributed by atoms with Gasteiger partial charge in [0.05, 0.1) is 0 Å². The minimum absolute atomic E-state index is 0.182. The lowest BCUT2D eigenvalue weighted by molar-refractivity contribution is 0.0976. The van der Waals surface area contributed by atoms with E-state index in [0.717, 1.165) is 4.47 Å². The minimum Gasteiger partial charge on any atom is -0.332 e. The van der Waals surface area contributed by atoms with Crippen LogP contribution in [0.5, 0.6) is 0 Å². The van der Waals surface area contributed by atoms with Crippen molar-refractivity contribution in [3.63, 3.8) is 0 Å². The molecule has 7 heteroatoms. The van der Waals surface area contributed by atoms with E-state index in [1.54, 1.807) is 60.7 Å². The number of rotatable bonds is 4. The van der Waals surface area contributed by atoms with Gasteiger partial charge in [0.15, 0.2) is 5.11 Å². The molecule has 0 saturated carbocycles. The van der Waals surface area contributed by atoms with Crippen LogP contribution in [-0.2, 0) is 0 Å². The number of nitrogens with one attached hydrogen (secondary N) is 3. The Labute approximate surface area is 176 Å². The second kappa shape index (κ2) is 9.25. The van der Waals surface area contributed by atoms with Gasteiger partial charge in [-0.3, -0.25) is 14.9 Å². The second-order valence-electron chi connectivity index (χ2n) is 5.81. The summed E-state index contributed by atoms with van der Waals surface area (Å²) < 4.78 is 0.893. The fourth-order valence-corrected chi connectivity index (χ4v) is 2.84. The van der Waals surface area contributed by atoms with Crippen LogP contribution in [0, 0.1) is 0 Å². The van der Waals surface area contributed by atoms with Crippen LogP contribution in [0.3, 0.4) is 0 Å². The lowest BCUT2D eigenvalue weighted by atomic mass is 10.2. The molecule has 0 radical (unpaired) electrons. The van der Waals surface area contributed by atoms with E-state index < -0.39 is 0 Å². The highest BCUT2D eigenvalue weighted by Crippen LogP contribution is 2.15. The Bertz CT molecular complexity index is 990. The van der Waals surface area contributed by atoms with Crippen LogP contribution in [0.1, 0.15) is 20.7 Å². The maximum Gasteiger partial charge on any atom is 0.257 e. The van der Waals surface area contributed by atoms with Crippen LogP contribution in [0.4, 0.5) is 11.4 Å².